The molecule has 1 fully saturated rings. The molecule has 1 atom stereocenters. The van der Waals surface area contributed by atoms with Crippen LogP contribution in [-0.2, 0) is 11.2 Å². The maximum absolute atomic E-state index is 13.2. The minimum Gasteiger partial charge on any atom is -0.454 e. The lowest BCUT2D eigenvalue weighted by molar-refractivity contribution is 0.0252. The van der Waals surface area contributed by atoms with E-state index in [4.69, 9.17) is 10.5 Å². The summed E-state index contributed by atoms with van der Waals surface area (Å²) in [6.07, 6.45) is 1.78. The van der Waals surface area contributed by atoms with Crippen LogP contribution in [0.15, 0.2) is 66.9 Å². The van der Waals surface area contributed by atoms with Gasteiger partial charge in [0.05, 0.1) is 11.1 Å². The molecule has 0 spiro atoms. The van der Waals surface area contributed by atoms with Gasteiger partial charge in [-0.2, -0.15) is 0 Å². The molecular weight excluding hydrogens is 432 g/mol. The fraction of sp³-hybridized carbons (Fsp3) is 0.231. The lowest BCUT2D eigenvalue weighted by atomic mass is 9.93. The van der Waals surface area contributed by atoms with E-state index in [1.807, 2.05) is 41.3 Å². The van der Waals surface area contributed by atoms with Crippen molar-refractivity contribution in [3.05, 3.63) is 94.7 Å². The van der Waals surface area contributed by atoms with Crippen molar-refractivity contribution in [2.45, 2.75) is 12.5 Å². The Morgan fingerprint density at radius 3 is 2.47 bits per heavy atom. The highest BCUT2D eigenvalue weighted by Gasteiger charge is 2.30. The van der Waals surface area contributed by atoms with Crippen molar-refractivity contribution < 1.29 is 19.1 Å². The first kappa shape index (κ1) is 21.6. The van der Waals surface area contributed by atoms with Gasteiger partial charge in [0.1, 0.15) is 11.9 Å². The molecule has 2 aliphatic heterocycles. The smallest absolute Gasteiger partial charge is 0.339 e. The summed E-state index contributed by atoms with van der Waals surface area (Å²) in [6.45, 7) is 2.05. The van der Waals surface area contributed by atoms with Crippen molar-refractivity contribution in [2.24, 2.45) is 5.73 Å². The van der Waals surface area contributed by atoms with Gasteiger partial charge in [-0.05, 0) is 41.5 Å². The van der Waals surface area contributed by atoms with Crippen LogP contribution in [0, 0.1) is 0 Å². The summed E-state index contributed by atoms with van der Waals surface area (Å²) in [5.74, 6) is -0.443. The number of fused-ring (bicyclic) bond motifs is 1. The summed E-state index contributed by atoms with van der Waals surface area (Å²) in [7, 11) is 0. The number of hydrogen-bond acceptors (Lipinski definition) is 6. The van der Waals surface area contributed by atoms with Crippen molar-refractivity contribution in [1.82, 2.24) is 9.88 Å². The van der Waals surface area contributed by atoms with Gasteiger partial charge >= 0.3 is 5.97 Å². The van der Waals surface area contributed by atoms with Gasteiger partial charge in [0.15, 0.2) is 0 Å². The number of piperazine rings is 1. The first-order valence-corrected chi connectivity index (χ1v) is 11.2. The standard InChI is InChI=1S/C26H24N4O4/c27-23(31)21-7-4-10-28-24(21)29-11-13-30(14-12-29)25(32)18-8-9-20-19(15-18)16-22(34-26(20)33)17-5-2-1-3-6-17/h1-10,15,22H,11-14,16H2,(H2,27,31). The third kappa shape index (κ3) is 4.10. The van der Waals surface area contributed by atoms with Gasteiger partial charge < -0.3 is 20.3 Å². The number of primary amides is 1. The van der Waals surface area contributed by atoms with Gasteiger partial charge in [0.25, 0.3) is 11.8 Å². The van der Waals surface area contributed by atoms with Crippen LogP contribution in [0.25, 0.3) is 0 Å². The molecular formula is C26H24N4O4. The Morgan fingerprint density at radius 2 is 1.74 bits per heavy atom. The van der Waals surface area contributed by atoms with Gasteiger partial charge in [-0.3, -0.25) is 9.59 Å². The maximum Gasteiger partial charge on any atom is 0.339 e. The quantitative estimate of drug-likeness (QED) is 0.605. The number of amides is 2. The normalized spacial score (nSPS) is 17.6. The summed E-state index contributed by atoms with van der Waals surface area (Å²) in [5, 5.41) is 0. The summed E-state index contributed by atoms with van der Waals surface area (Å²) in [6, 6.07) is 18.1. The molecule has 172 valence electrons. The summed E-state index contributed by atoms with van der Waals surface area (Å²) in [4.78, 5) is 45.6. The molecule has 0 saturated carbocycles. The average molecular weight is 457 g/mol. The highest BCUT2D eigenvalue weighted by Crippen LogP contribution is 2.31. The number of ether oxygens (including phenoxy) is 1. The van der Waals surface area contributed by atoms with Gasteiger partial charge in [-0.1, -0.05) is 30.3 Å². The Labute approximate surface area is 196 Å². The number of carbonyl (C=O) groups excluding carboxylic acids is 3. The monoisotopic (exact) mass is 456 g/mol. The van der Waals surface area contributed by atoms with Crippen molar-refractivity contribution in [1.29, 1.82) is 0 Å². The zero-order valence-electron chi connectivity index (χ0n) is 18.5. The fourth-order valence-corrected chi connectivity index (χ4v) is 4.53. The number of aromatic nitrogens is 1. The number of cyclic esters (lactones) is 1. The molecule has 1 unspecified atom stereocenters. The largest absolute Gasteiger partial charge is 0.454 e. The number of rotatable bonds is 4. The molecule has 0 bridgehead atoms. The summed E-state index contributed by atoms with van der Waals surface area (Å²) >= 11 is 0. The maximum atomic E-state index is 13.2. The number of nitrogens with two attached hydrogens (primary N) is 1. The lowest BCUT2D eigenvalue weighted by Crippen LogP contribution is -2.49. The number of carbonyl (C=O) groups is 3. The lowest BCUT2D eigenvalue weighted by Gasteiger charge is -2.36. The highest BCUT2D eigenvalue weighted by molar-refractivity contribution is 5.99. The van der Waals surface area contributed by atoms with Crippen molar-refractivity contribution in [2.75, 3.05) is 31.1 Å². The predicted molar refractivity (Wildman–Crippen MR) is 126 cm³/mol. The van der Waals surface area contributed by atoms with Crippen molar-refractivity contribution >= 4 is 23.6 Å². The predicted octanol–water partition coefficient (Wildman–Crippen LogP) is 2.60. The van der Waals surface area contributed by atoms with E-state index >= 15 is 0 Å². The zero-order chi connectivity index (χ0) is 23.7. The van der Waals surface area contributed by atoms with Crippen LogP contribution >= 0.6 is 0 Å². The van der Waals surface area contributed by atoms with Crippen molar-refractivity contribution in [3.63, 3.8) is 0 Å². The van der Waals surface area contributed by atoms with Crippen LogP contribution < -0.4 is 10.6 Å². The Morgan fingerprint density at radius 1 is 0.971 bits per heavy atom. The minimum absolute atomic E-state index is 0.0891. The van der Waals surface area contributed by atoms with Crippen molar-refractivity contribution in [3.8, 4) is 0 Å². The Balaban J connectivity index is 1.30. The molecule has 1 aromatic heterocycles. The van der Waals surface area contributed by atoms with Crippen LogP contribution in [-0.4, -0.2) is 53.8 Å². The molecule has 3 heterocycles. The number of pyridine rings is 1. The minimum atomic E-state index is -0.525. The number of esters is 1. The number of nitrogens with zero attached hydrogens (tertiary/aromatic N) is 3. The SMILES string of the molecule is NC(=O)c1cccnc1N1CCN(C(=O)c2ccc3c(c2)CC(c2ccccc2)OC3=O)CC1. The van der Waals surface area contributed by atoms with E-state index in [0.29, 0.717) is 55.1 Å². The van der Waals surface area contributed by atoms with Crippen LogP contribution in [0.1, 0.15) is 48.3 Å². The van der Waals surface area contributed by atoms with Crippen LogP contribution in [0.5, 0.6) is 0 Å². The van der Waals surface area contributed by atoms with Gasteiger partial charge in [0.2, 0.25) is 0 Å². The number of benzene rings is 2. The molecule has 8 nitrogen and oxygen atoms in total. The zero-order valence-corrected chi connectivity index (χ0v) is 18.5. The summed E-state index contributed by atoms with van der Waals surface area (Å²) in [5.41, 5.74) is 8.65. The van der Waals surface area contributed by atoms with Gasteiger partial charge in [-0.15, -0.1) is 0 Å². The molecule has 3 aromatic rings. The fourth-order valence-electron chi connectivity index (χ4n) is 4.53. The molecule has 34 heavy (non-hydrogen) atoms. The molecule has 0 radical (unpaired) electrons. The molecule has 2 N–H and O–H groups in total. The van der Waals surface area contributed by atoms with Crippen LogP contribution in [0.4, 0.5) is 5.82 Å². The highest BCUT2D eigenvalue weighted by atomic mass is 16.5. The molecule has 5 rings (SSSR count). The average Bonchev–Trinajstić information content (AvgIpc) is 2.88. The number of hydrogen-bond donors (Lipinski definition) is 1. The molecule has 2 aliphatic rings. The molecule has 2 aromatic carbocycles. The molecule has 1 saturated heterocycles. The Bertz CT molecular complexity index is 1250. The second kappa shape index (κ2) is 8.97. The van der Waals surface area contributed by atoms with Crippen LogP contribution in [0.3, 0.4) is 0 Å². The van der Waals surface area contributed by atoms with E-state index < -0.39 is 5.91 Å². The van der Waals surface area contributed by atoms with E-state index in [9.17, 15) is 14.4 Å². The third-order valence-electron chi connectivity index (χ3n) is 6.32. The van der Waals surface area contributed by atoms with Gasteiger partial charge in [0, 0.05) is 44.4 Å². The first-order chi connectivity index (χ1) is 16.5. The Kier molecular flexibility index (Phi) is 5.71. The van der Waals surface area contributed by atoms with E-state index in [0.717, 1.165) is 11.1 Å². The van der Waals surface area contributed by atoms with E-state index in [-0.39, 0.29) is 18.0 Å². The molecule has 2 amide bonds. The van der Waals surface area contributed by atoms with E-state index in [1.54, 1.807) is 35.4 Å². The second-order valence-corrected chi connectivity index (χ2v) is 8.40. The third-order valence-corrected chi connectivity index (χ3v) is 6.32. The second-order valence-electron chi connectivity index (χ2n) is 8.40. The molecule has 0 aliphatic carbocycles. The van der Waals surface area contributed by atoms with Gasteiger partial charge in [-0.25, -0.2) is 9.78 Å². The first-order valence-electron chi connectivity index (χ1n) is 11.2. The number of anilines is 1. The van der Waals surface area contributed by atoms with Crippen LogP contribution in [0.2, 0.25) is 0 Å². The Hall–Kier alpha value is -4.20. The topological polar surface area (TPSA) is 106 Å². The summed E-state index contributed by atoms with van der Waals surface area (Å²) < 4.78 is 5.62. The van der Waals surface area contributed by atoms with E-state index in [2.05, 4.69) is 4.98 Å². The van der Waals surface area contributed by atoms with E-state index in [1.165, 1.54) is 0 Å². The molecule has 8 heteroatoms.